The Morgan fingerprint density at radius 2 is 2.06 bits per heavy atom. The van der Waals surface area contributed by atoms with E-state index in [1.54, 1.807) is 14.0 Å². The first-order chi connectivity index (χ1) is 8.38. The van der Waals surface area contributed by atoms with E-state index in [-0.39, 0.29) is 18.5 Å². The molecule has 6 heteroatoms. The lowest BCUT2D eigenvalue weighted by atomic mass is 10.1. The number of nitrogens with one attached hydrogen (secondary N) is 2. The molecule has 0 radical (unpaired) electrons. The lowest BCUT2D eigenvalue weighted by Gasteiger charge is -2.14. The van der Waals surface area contributed by atoms with Crippen molar-refractivity contribution in [3.05, 3.63) is 35.2 Å². The maximum Gasteiger partial charge on any atom is 0.414 e. The van der Waals surface area contributed by atoms with Crippen LogP contribution in [0.4, 0.5) is 13.2 Å². The average molecular weight is 260 g/mol. The second kappa shape index (κ2) is 5.75. The summed E-state index contributed by atoms with van der Waals surface area (Å²) in [5.41, 5.74) is -0.348. The Bertz CT molecular complexity index is 420. The minimum atomic E-state index is -4.46. The lowest BCUT2D eigenvalue weighted by Crippen LogP contribution is -2.25. The summed E-state index contributed by atoms with van der Waals surface area (Å²) in [5.74, 6) is -0.440. The van der Waals surface area contributed by atoms with Gasteiger partial charge in [-0.15, -0.1) is 0 Å². The van der Waals surface area contributed by atoms with Gasteiger partial charge in [0.15, 0.2) is 0 Å². The maximum absolute atomic E-state index is 12.9. The highest BCUT2D eigenvalue weighted by molar-refractivity contribution is 5.78. The molecule has 0 saturated heterocycles. The second-order valence-corrected chi connectivity index (χ2v) is 3.74. The third-order valence-electron chi connectivity index (χ3n) is 2.51. The van der Waals surface area contributed by atoms with E-state index < -0.39 is 17.7 Å². The van der Waals surface area contributed by atoms with Crippen molar-refractivity contribution >= 4 is 5.91 Å². The molecule has 0 aromatic rings. The van der Waals surface area contributed by atoms with Crippen LogP contribution in [-0.4, -0.2) is 19.1 Å². The summed E-state index contributed by atoms with van der Waals surface area (Å²) in [5, 5.41) is 5.05. The predicted octanol–water partition coefficient (Wildman–Crippen LogP) is 2.39. The van der Waals surface area contributed by atoms with E-state index in [1.165, 1.54) is 18.2 Å². The van der Waals surface area contributed by atoms with Gasteiger partial charge in [0.1, 0.15) is 0 Å². The van der Waals surface area contributed by atoms with E-state index in [0.717, 1.165) is 0 Å². The van der Waals surface area contributed by atoms with Gasteiger partial charge in [-0.3, -0.25) is 4.79 Å². The Hall–Kier alpha value is -1.72. The number of allylic oxidation sites excluding steroid dienone is 4. The maximum atomic E-state index is 12.9. The van der Waals surface area contributed by atoms with Crippen LogP contribution in [0.2, 0.25) is 0 Å². The number of carbonyl (C=O) groups is 1. The molecule has 0 aromatic carbocycles. The van der Waals surface area contributed by atoms with Gasteiger partial charge in [-0.2, -0.15) is 13.2 Å². The fraction of sp³-hybridized carbons (Fsp3) is 0.417. The number of amides is 1. The highest BCUT2D eigenvalue weighted by atomic mass is 19.4. The highest BCUT2D eigenvalue weighted by Crippen LogP contribution is 2.32. The smallest absolute Gasteiger partial charge is 0.388 e. The standard InChI is InChI=1S/C12H15F3N2O/c1-3-11(18)17-10-7-5-8(16-2)4-6-9(10)12(13,14)15/h4-5,7,16H,3,6H2,1-2H3,(H,17,18). The van der Waals surface area contributed by atoms with E-state index in [1.807, 2.05) is 0 Å². The van der Waals surface area contributed by atoms with Gasteiger partial charge in [0.25, 0.3) is 0 Å². The van der Waals surface area contributed by atoms with E-state index in [4.69, 9.17) is 0 Å². The third-order valence-corrected chi connectivity index (χ3v) is 2.51. The van der Waals surface area contributed by atoms with Crippen molar-refractivity contribution in [1.82, 2.24) is 10.6 Å². The first-order valence-electron chi connectivity index (χ1n) is 5.54. The molecule has 0 saturated carbocycles. The monoisotopic (exact) mass is 260 g/mol. The van der Waals surface area contributed by atoms with Crippen LogP contribution in [0.15, 0.2) is 35.2 Å². The predicted molar refractivity (Wildman–Crippen MR) is 62.4 cm³/mol. The molecule has 0 heterocycles. The second-order valence-electron chi connectivity index (χ2n) is 3.74. The topological polar surface area (TPSA) is 41.1 Å². The third kappa shape index (κ3) is 3.65. The molecule has 1 aliphatic rings. The molecule has 0 unspecified atom stereocenters. The zero-order chi connectivity index (χ0) is 13.8. The molecule has 18 heavy (non-hydrogen) atoms. The van der Waals surface area contributed by atoms with Crippen LogP contribution in [0.5, 0.6) is 0 Å². The molecule has 3 nitrogen and oxygen atoms in total. The fourth-order valence-corrected chi connectivity index (χ4v) is 1.47. The van der Waals surface area contributed by atoms with E-state index in [0.29, 0.717) is 5.70 Å². The van der Waals surface area contributed by atoms with Gasteiger partial charge in [0.2, 0.25) is 5.91 Å². The Morgan fingerprint density at radius 3 is 2.56 bits per heavy atom. The molecule has 1 amide bonds. The molecule has 0 atom stereocenters. The Morgan fingerprint density at radius 1 is 1.39 bits per heavy atom. The average Bonchev–Trinajstić information content (AvgIpc) is 2.50. The number of hydrogen-bond acceptors (Lipinski definition) is 2. The molecule has 0 fully saturated rings. The first kappa shape index (κ1) is 14.3. The normalized spacial score (nSPS) is 16.2. The van der Waals surface area contributed by atoms with Crippen LogP contribution in [0.25, 0.3) is 0 Å². The van der Waals surface area contributed by atoms with Crippen LogP contribution < -0.4 is 10.6 Å². The summed E-state index contributed by atoms with van der Waals surface area (Å²) in [6.07, 6.45) is -0.388. The van der Waals surface area contributed by atoms with Gasteiger partial charge in [-0.05, 0) is 18.6 Å². The molecule has 100 valence electrons. The SMILES string of the molecule is CCC(=O)NC1=C(C(F)(F)F)CC=C(NC)C=C1. The van der Waals surface area contributed by atoms with Crippen LogP contribution in [0.1, 0.15) is 19.8 Å². The van der Waals surface area contributed by atoms with E-state index in [9.17, 15) is 18.0 Å². The Balaban J connectivity index is 3.09. The largest absolute Gasteiger partial charge is 0.414 e. The van der Waals surface area contributed by atoms with Crippen molar-refractivity contribution in [2.45, 2.75) is 25.9 Å². The summed E-state index contributed by atoms with van der Waals surface area (Å²) in [7, 11) is 1.62. The summed E-state index contributed by atoms with van der Waals surface area (Å²) >= 11 is 0. The van der Waals surface area contributed by atoms with Crippen molar-refractivity contribution < 1.29 is 18.0 Å². The number of carbonyl (C=O) groups excluding carboxylic acids is 1. The minimum absolute atomic E-state index is 0.134. The van der Waals surface area contributed by atoms with Gasteiger partial charge in [0, 0.05) is 24.9 Å². The molecular weight excluding hydrogens is 245 g/mol. The van der Waals surface area contributed by atoms with E-state index >= 15 is 0 Å². The fourth-order valence-electron chi connectivity index (χ4n) is 1.47. The zero-order valence-corrected chi connectivity index (χ0v) is 10.2. The van der Waals surface area contributed by atoms with Crippen LogP contribution in [0, 0.1) is 0 Å². The Labute approximate surface area is 103 Å². The molecule has 0 aliphatic heterocycles. The van der Waals surface area contributed by atoms with Crippen LogP contribution >= 0.6 is 0 Å². The first-order valence-corrected chi connectivity index (χ1v) is 5.54. The van der Waals surface area contributed by atoms with Crippen molar-refractivity contribution in [1.29, 1.82) is 0 Å². The lowest BCUT2D eigenvalue weighted by molar-refractivity contribution is -0.120. The van der Waals surface area contributed by atoms with Crippen LogP contribution in [0.3, 0.4) is 0 Å². The number of halogens is 3. The van der Waals surface area contributed by atoms with E-state index in [2.05, 4.69) is 10.6 Å². The summed E-state index contributed by atoms with van der Waals surface area (Å²) in [6.45, 7) is 1.58. The number of alkyl halides is 3. The summed E-state index contributed by atoms with van der Waals surface area (Å²) < 4.78 is 38.6. The Kier molecular flexibility index (Phi) is 4.58. The molecule has 1 aliphatic carbocycles. The van der Waals surface area contributed by atoms with Crippen molar-refractivity contribution in [2.24, 2.45) is 0 Å². The van der Waals surface area contributed by atoms with Crippen molar-refractivity contribution in [3.8, 4) is 0 Å². The molecular formula is C12H15F3N2O. The van der Waals surface area contributed by atoms with Gasteiger partial charge in [-0.25, -0.2) is 0 Å². The molecule has 1 rings (SSSR count). The molecule has 0 bridgehead atoms. The molecule has 0 spiro atoms. The molecule has 0 aromatic heterocycles. The number of rotatable bonds is 3. The number of hydrogen-bond donors (Lipinski definition) is 2. The van der Waals surface area contributed by atoms with Gasteiger partial charge < -0.3 is 10.6 Å². The zero-order valence-electron chi connectivity index (χ0n) is 10.2. The number of likely N-dealkylation sites (N-methyl/N-ethyl adjacent to an activating group) is 1. The minimum Gasteiger partial charge on any atom is -0.388 e. The quantitative estimate of drug-likeness (QED) is 0.818. The van der Waals surface area contributed by atoms with Crippen molar-refractivity contribution in [3.63, 3.8) is 0 Å². The van der Waals surface area contributed by atoms with Gasteiger partial charge in [0.05, 0.1) is 5.57 Å². The van der Waals surface area contributed by atoms with Crippen LogP contribution in [-0.2, 0) is 4.79 Å². The van der Waals surface area contributed by atoms with Gasteiger partial charge in [-0.1, -0.05) is 13.0 Å². The summed E-state index contributed by atoms with van der Waals surface area (Å²) in [6, 6.07) is 0. The summed E-state index contributed by atoms with van der Waals surface area (Å²) in [4.78, 5) is 11.2. The van der Waals surface area contributed by atoms with Crippen molar-refractivity contribution in [2.75, 3.05) is 7.05 Å². The molecule has 2 N–H and O–H groups in total. The van der Waals surface area contributed by atoms with Gasteiger partial charge >= 0.3 is 6.18 Å². The highest BCUT2D eigenvalue weighted by Gasteiger charge is 2.35.